The van der Waals surface area contributed by atoms with Crippen molar-refractivity contribution in [1.29, 1.82) is 0 Å². The number of primary amides is 1. The van der Waals surface area contributed by atoms with Gasteiger partial charge in [0.1, 0.15) is 0 Å². The van der Waals surface area contributed by atoms with Crippen LogP contribution in [-0.4, -0.2) is 29.0 Å². The number of nitrogens with two attached hydrogens (primary N) is 1. The molecule has 2 heterocycles. The molecule has 8 heteroatoms. The van der Waals surface area contributed by atoms with Crippen LogP contribution >= 0.6 is 11.3 Å². The molecule has 1 unspecified atom stereocenters. The van der Waals surface area contributed by atoms with Crippen molar-refractivity contribution in [3.05, 3.63) is 21.1 Å². The zero-order valence-electron chi connectivity index (χ0n) is 10.4. The van der Waals surface area contributed by atoms with Gasteiger partial charge in [0.25, 0.3) is 0 Å². The first-order valence-corrected chi connectivity index (χ1v) is 6.72. The van der Waals surface area contributed by atoms with Gasteiger partial charge in [0.2, 0.25) is 5.91 Å². The number of hydrogen-bond donors (Lipinski definition) is 2. The molecule has 0 radical (unpaired) electrons. The van der Waals surface area contributed by atoms with Crippen LogP contribution < -0.4 is 10.6 Å². The molecule has 104 valence electrons. The van der Waals surface area contributed by atoms with E-state index in [0.717, 1.165) is 0 Å². The number of amides is 1. The van der Waals surface area contributed by atoms with E-state index in [1.54, 1.807) is 11.8 Å². The lowest BCUT2D eigenvalue weighted by atomic mass is 10.1. The fraction of sp³-hybridized carbons (Fsp3) is 0.545. The van der Waals surface area contributed by atoms with Crippen molar-refractivity contribution in [2.24, 2.45) is 11.7 Å². The molecular weight excluding hydrogens is 270 g/mol. The van der Waals surface area contributed by atoms with Gasteiger partial charge in [-0.2, -0.15) is 0 Å². The van der Waals surface area contributed by atoms with E-state index in [2.05, 4.69) is 0 Å². The van der Waals surface area contributed by atoms with E-state index in [0.29, 0.717) is 29.4 Å². The van der Waals surface area contributed by atoms with Crippen LogP contribution in [0.15, 0.2) is 6.07 Å². The number of carbonyl (C=O) groups excluding carboxylic acids is 1. The number of aliphatic hydroxyl groups is 1. The van der Waals surface area contributed by atoms with Crippen LogP contribution in [0.2, 0.25) is 0 Å². The molecule has 1 amide bonds. The molecule has 2 atom stereocenters. The zero-order chi connectivity index (χ0) is 14.2. The van der Waals surface area contributed by atoms with E-state index in [1.807, 2.05) is 0 Å². The quantitative estimate of drug-likeness (QED) is 0.634. The first-order valence-electron chi connectivity index (χ1n) is 5.90. The number of anilines is 1. The minimum Gasteiger partial charge on any atom is -0.388 e. The van der Waals surface area contributed by atoms with Gasteiger partial charge in [-0.1, -0.05) is 0 Å². The van der Waals surface area contributed by atoms with Gasteiger partial charge < -0.3 is 15.7 Å². The molecule has 1 aromatic heterocycles. The number of hydrogen-bond acceptors (Lipinski definition) is 6. The van der Waals surface area contributed by atoms with E-state index in [-0.39, 0.29) is 17.5 Å². The van der Waals surface area contributed by atoms with E-state index in [9.17, 15) is 20.0 Å². The van der Waals surface area contributed by atoms with Gasteiger partial charge in [-0.05, 0) is 13.3 Å². The second kappa shape index (κ2) is 5.14. The molecule has 0 aromatic carbocycles. The molecule has 0 saturated carbocycles. The Morgan fingerprint density at radius 3 is 2.89 bits per heavy atom. The molecule has 2 rings (SSSR count). The van der Waals surface area contributed by atoms with Gasteiger partial charge in [-0.25, -0.2) is 0 Å². The summed E-state index contributed by atoms with van der Waals surface area (Å²) < 4.78 is 0. The third-order valence-electron chi connectivity index (χ3n) is 3.20. The molecule has 1 aliphatic rings. The SMILES string of the molecule is C[C@@H](O)c1cc([N+](=O)[O-])c(N2CCC(C(N)=O)C2)s1. The average molecular weight is 285 g/mol. The summed E-state index contributed by atoms with van der Waals surface area (Å²) in [6, 6.07) is 1.39. The van der Waals surface area contributed by atoms with Crippen LogP contribution in [0.5, 0.6) is 0 Å². The summed E-state index contributed by atoms with van der Waals surface area (Å²) in [7, 11) is 0. The molecule has 1 saturated heterocycles. The molecule has 1 fully saturated rings. The minimum absolute atomic E-state index is 0.0222. The first-order chi connectivity index (χ1) is 8.90. The largest absolute Gasteiger partial charge is 0.388 e. The fourth-order valence-electron chi connectivity index (χ4n) is 2.13. The molecule has 0 spiro atoms. The molecule has 19 heavy (non-hydrogen) atoms. The van der Waals surface area contributed by atoms with E-state index in [1.165, 1.54) is 17.4 Å². The fourth-order valence-corrected chi connectivity index (χ4v) is 3.23. The molecule has 1 aromatic rings. The predicted molar refractivity (Wildman–Crippen MR) is 71.1 cm³/mol. The predicted octanol–water partition coefficient (Wildman–Crippen LogP) is 1.02. The van der Waals surface area contributed by atoms with Crippen LogP contribution in [0.3, 0.4) is 0 Å². The van der Waals surface area contributed by atoms with Crippen molar-refractivity contribution in [2.75, 3.05) is 18.0 Å². The summed E-state index contributed by atoms with van der Waals surface area (Å²) in [4.78, 5) is 24.1. The molecule has 7 nitrogen and oxygen atoms in total. The summed E-state index contributed by atoms with van der Waals surface area (Å²) in [5.41, 5.74) is 5.23. The lowest BCUT2D eigenvalue weighted by Crippen LogP contribution is -2.27. The number of thiophene rings is 1. The second-order valence-corrected chi connectivity index (χ2v) is 5.67. The maximum absolute atomic E-state index is 11.1. The van der Waals surface area contributed by atoms with Crippen LogP contribution in [0.4, 0.5) is 10.7 Å². The van der Waals surface area contributed by atoms with Gasteiger partial charge in [-0.3, -0.25) is 14.9 Å². The third kappa shape index (κ3) is 2.69. The average Bonchev–Trinajstić information content (AvgIpc) is 2.95. The van der Waals surface area contributed by atoms with Crippen molar-refractivity contribution in [3.8, 4) is 0 Å². The Kier molecular flexibility index (Phi) is 3.72. The monoisotopic (exact) mass is 285 g/mol. The van der Waals surface area contributed by atoms with Gasteiger partial charge in [0, 0.05) is 24.0 Å². The van der Waals surface area contributed by atoms with E-state index >= 15 is 0 Å². The topological polar surface area (TPSA) is 110 Å². The van der Waals surface area contributed by atoms with Gasteiger partial charge in [0.05, 0.1) is 16.9 Å². The van der Waals surface area contributed by atoms with E-state index in [4.69, 9.17) is 5.73 Å². The lowest BCUT2D eigenvalue weighted by Gasteiger charge is -2.14. The smallest absolute Gasteiger partial charge is 0.304 e. The Morgan fingerprint density at radius 2 is 2.42 bits per heavy atom. The number of carbonyl (C=O) groups is 1. The number of nitro groups is 1. The summed E-state index contributed by atoms with van der Waals surface area (Å²) >= 11 is 1.19. The second-order valence-electron chi connectivity index (χ2n) is 4.61. The van der Waals surface area contributed by atoms with Crippen LogP contribution in [0.25, 0.3) is 0 Å². The molecule has 1 aliphatic heterocycles. The Bertz CT molecular complexity index is 514. The number of nitrogens with zero attached hydrogens (tertiary/aromatic N) is 2. The molecule has 0 bridgehead atoms. The first kappa shape index (κ1) is 13.8. The van der Waals surface area contributed by atoms with Crippen molar-refractivity contribution in [1.82, 2.24) is 0 Å². The highest BCUT2D eigenvalue weighted by atomic mass is 32.1. The summed E-state index contributed by atoms with van der Waals surface area (Å²) in [6.45, 7) is 2.53. The summed E-state index contributed by atoms with van der Waals surface area (Å²) in [6.07, 6.45) is -0.138. The van der Waals surface area contributed by atoms with Crippen LogP contribution in [0.1, 0.15) is 24.3 Å². The molecular formula is C11H15N3O4S. The Morgan fingerprint density at radius 1 is 1.74 bits per heavy atom. The van der Waals surface area contributed by atoms with Gasteiger partial charge in [0.15, 0.2) is 5.00 Å². The minimum atomic E-state index is -0.744. The normalized spacial score (nSPS) is 20.5. The van der Waals surface area contributed by atoms with Crippen LogP contribution in [0, 0.1) is 16.0 Å². The summed E-state index contributed by atoms with van der Waals surface area (Å²) in [5.74, 6) is -0.644. The van der Waals surface area contributed by atoms with E-state index < -0.39 is 11.0 Å². The summed E-state index contributed by atoms with van der Waals surface area (Å²) in [5, 5.41) is 21.1. The maximum Gasteiger partial charge on any atom is 0.304 e. The lowest BCUT2D eigenvalue weighted by molar-refractivity contribution is -0.383. The van der Waals surface area contributed by atoms with Crippen LogP contribution in [-0.2, 0) is 4.79 Å². The number of rotatable bonds is 4. The molecule has 0 aliphatic carbocycles. The zero-order valence-corrected chi connectivity index (χ0v) is 11.2. The third-order valence-corrected chi connectivity index (χ3v) is 4.55. The van der Waals surface area contributed by atoms with Crippen molar-refractivity contribution in [2.45, 2.75) is 19.4 Å². The highest BCUT2D eigenvalue weighted by Crippen LogP contribution is 2.41. The Labute approximate surface area is 113 Å². The van der Waals surface area contributed by atoms with Gasteiger partial charge in [-0.15, -0.1) is 11.3 Å². The Balaban J connectivity index is 2.29. The molecule has 3 N–H and O–H groups in total. The highest BCUT2D eigenvalue weighted by Gasteiger charge is 2.32. The van der Waals surface area contributed by atoms with Gasteiger partial charge >= 0.3 is 5.69 Å². The van der Waals surface area contributed by atoms with Crippen molar-refractivity contribution >= 4 is 27.9 Å². The number of aliphatic hydroxyl groups excluding tert-OH is 1. The van der Waals surface area contributed by atoms with Crippen molar-refractivity contribution in [3.63, 3.8) is 0 Å². The highest BCUT2D eigenvalue weighted by molar-refractivity contribution is 7.16. The van der Waals surface area contributed by atoms with Crippen molar-refractivity contribution < 1.29 is 14.8 Å². The standard InChI is InChI=1S/C11H15N3O4S/c1-6(15)9-4-8(14(17)18)11(19-9)13-3-2-7(5-13)10(12)16/h4,6-7,15H,2-3,5H2,1H3,(H2,12,16)/t6-,7?/m1/s1. The maximum atomic E-state index is 11.1. The Hall–Kier alpha value is -1.67.